The second-order valence-corrected chi connectivity index (χ2v) is 7.33. The van der Waals surface area contributed by atoms with Crippen LogP contribution in [0.1, 0.15) is 38.5 Å². The molecular formula is C19H25N3O3. The number of rotatable bonds is 4. The number of hydrogen-bond donors (Lipinski definition) is 0. The molecule has 0 N–H and O–H groups in total. The molecule has 0 unspecified atom stereocenters. The number of pyridine rings is 1. The monoisotopic (exact) mass is 343 g/mol. The second-order valence-electron chi connectivity index (χ2n) is 7.33. The van der Waals surface area contributed by atoms with Crippen molar-refractivity contribution in [1.82, 2.24) is 14.8 Å². The quantitative estimate of drug-likeness (QED) is 0.837. The molecule has 1 saturated carbocycles. The number of hydrogen-bond acceptors (Lipinski definition) is 4. The van der Waals surface area contributed by atoms with Gasteiger partial charge in [-0.2, -0.15) is 0 Å². The van der Waals surface area contributed by atoms with E-state index in [9.17, 15) is 9.59 Å². The standard InChI is InChI=1S/C19H25N3O3/c23-18(14-5-3-6-14)22-13-16(25-15-7-4-8-20-12-15)11-17(22)19(24)21-9-1-2-10-21/h4,7-8,12,14,16-17H,1-3,5-6,9-11,13H2/t16-,17-/m0/s1. The molecule has 0 radical (unpaired) electrons. The Bertz CT molecular complexity index is 626. The fraction of sp³-hybridized carbons (Fsp3) is 0.632. The Morgan fingerprint density at radius 2 is 1.92 bits per heavy atom. The van der Waals surface area contributed by atoms with Crippen LogP contribution in [0, 0.1) is 5.92 Å². The minimum Gasteiger partial charge on any atom is -0.487 e. The fourth-order valence-corrected chi connectivity index (χ4v) is 4.01. The number of carbonyl (C=O) groups is 2. The number of nitrogens with zero attached hydrogens (tertiary/aromatic N) is 3. The van der Waals surface area contributed by atoms with Crippen LogP contribution in [0.25, 0.3) is 0 Å². The van der Waals surface area contributed by atoms with Crippen molar-refractivity contribution in [3.63, 3.8) is 0 Å². The second kappa shape index (κ2) is 7.02. The molecule has 6 nitrogen and oxygen atoms in total. The van der Waals surface area contributed by atoms with Crippen molar-refractivity contribution in [2.75, 3.05) is 19.6 Å². The molecular weight excluding hydrogens is 318 g/mol. The zero-order valence-electron chi connectivity index (χ0n) is 14.5. The van der Waals surface area contributed by atoms with Crippen LogP contribution in [0.5, 0.6) is 5.75 Å². The van der Waals surface area contributed by atoms with Gasteiger partial charge >= 0.3 is 0 Å². The van der Waals surface area contributed by atoms with Crippen LogP contribution < -0.4 is 4.74 Å². The van der Waals surface area contributed by atoms with Crippen molar-refractivity contribution < 1.29 is 14.3 Å². The van der Waals surface area contributed by atoms with Gasteiger partial charge in [0.2, 0.25) is 11.8 Å². The Kier molecular flexibility index (Phi) is 4.59. The first kappa shape index (κ1) is 16.4. The van der Waals surface area contributed by atoms with Gasteiger partial charge in [-0.1, -0.05) is 6.42 Å². The largest absolute Gasteiger partial charge is 0.487 e. The summed E-state index contributed by atoms with van der Waals surface area (Å²) in [5.41, 5.74) is 0. The molecule has 1 aromatic heterocycles. The van der Waals surface area contributed by atoms with E-state index in [0.29, 0.717) is 18.7 Å². The predicted molar refractivity (Wildman–Crippen MR) is 91.9 cm³/mol. The van der Waals surface area contributed by atoms with Gasteiger partial charge in [-0.15, -0.1) is 0 Å². The molecule has 0 bridgehead atoms. The average molecular weight is 343 g/mol. The number of amides is 2. The highest BCUT2D eigenvalue weighted by Gasteiger charge is 2.45. The summed E-state index contributed by atoms with van der Waals surface area (Å²) in [5.74, 6) is 1.03. The van der Waals surface area contributed by atoms with E-state index in [-0.39, 0.29) is 29.9 Å². The highest BCUT2D eigenvalue weighted by atomic mass is 16.5. The zero-order valence-corrected chi connectivity index (χ0v) is 14.5. The van der Waals surface area contributed by atoms with E-state index < -0.39 is 0 Å². The van der Waals surface area contributed by atoms with Crippen LogP contribution in [0.15, 0.2) is 24.5 Å². The van der Waals surface area contributed by atoms with Gasteiger partial charge < -0.3 is 14.5 Å². The van der Waals surface area contributed by atoms with Crippen molar-refractivity contribution >= 4 is 11.8 Å². The normalized spacial score (nSPS) is 26.6. The van der Waals surface area contributed by atoms with Crippen LogP contribution >= 0.6 is 0 Å². The van der Waals surface area contributed by atoms with E-state index in [1.54, 1.807) is 17.3 Å². The number of aromatic nitrogens is 1. The van der Waals surface area contributed by atoms with Crippen molar-refractivity contribution in [1.29, 1.82) is 0 Å². The molecule has 3 aliphatic rings. The summed E-state index contributed by atoms with van der Waals surface area (Å²) in [7, 11) is 0. The first-order chi connectivity index (χ1) is 12.2. The predicted octanol–water partition coefficient (Wildman–Crippen LogP) is 1.85. The van der Waals surface area contributed by atoms with Crippen molar-refractivity contribution in [2.24, 2.45) is 5.92 Å². The lowest BCUT2D eigenvalue weighted by Crippen LogP contribution is -2.49. The van der Waals surface area contributed by atoms with E-state index in [4.69, 9.17) is 4.74 Å². The lowest BCUT2D eigenvalue weighted by molar-refractivity contribution is -0.147. The fourth-order valence-electron chi connectivity index (χ4n) is 4.01. The first-order valence-electron chi connectivity index (χ1n) is 9.38. The number of carbonyl (C=O) groups excluding carboxylic acids is 2. The first-order valence-corrected chi connectivity index (χ1v) is 9.38. The minimum absolute atomic E-state index is 0.0995. The van der Waals surface area contributed by atoms with Gasteiger partial charge in [-0.05, 0) is 37.8 Å². The van der Waals surface area contributed by atoms with Gasteiger partial charge in [0.15, 0.2) is 0 Å². The summed E-state index contributed by atoms with van der Waals surface area (Å²) < 4.78 is 6.00. The molecule has 2 saturated heterocycles. The van der Waals surface area contributed by atoms with Crippen LogP contribution in [-0.2, 0) is 9.59 Å². The van der Waals surface area contributed by atoms with Crippen LogP contribution in [0.3, 0.4) is 0 Å². The summed E-state index contributed by atoms with van der Waals surface area (Å²) in [6, 6.07) is 3.32. The smallest absolute Gasteiger partial charge is 0.245 e. The van der Waals surface area contributed by atoms with Crippen LogP contribution in [0.4, 0.5) is 0 Å². The third-order valence-corrected chi connectivity index (χ3v) is 5.64. The molecule has 3 fully saturated rings. The van der Waals surface area contributed by atoms with E-state index in [1.807, 2.05) is 17.0 Å². The van der Waals surface area contributed by atoms with Crippen molar-refractivity contribution in [2.45, 2.75) is 50.7 Å². The van der Waals surface area contributed by atoms with E-state index in [2.05, 4.69) is 4.98 Å². The summed E-state index contributed by atoms with van der Waals surface area (Å²) in [6.45, 7) is 2.12. The molecule has 2 atom stereocenters. The molecule has 1 aromatic rings. The third kappa shape index (κ3) is 3.34. The molecule has 2 amide bonds. The molecule has 4 rings (SSSR count). The lowest BCUT2D eigenvalue weighted by atomic mass is 9.84. The Balaban J connectivity index is 1.49. The Morgan fingerprint density at radius 1 is 1.12 bits per heavy atom. The third-order valence-electron chi connectivity index (χ3n) is 5.64. The van der Waals surface area contributed by atoms with E-state index in [1.165, 1.54) is 0 Å². The molecule has 1 aliphatic carbocycles. The molecule has 2 aliphatic heterocycles. The maximum Gasteiger partial charge on any atom is 0.245 e. The van der Waals surface area contributed by atoms with Gasteiger partial charge in [-0.25, -0.2) is 0 Å². The molecule has 3 heterocycles. The molecule has 6 heteroatoms. The van der Waals surface area contributed by atoms with Crippen molar-refractivity contribution in [3.05, 3.63) is 24.5 Å². The number of ether oxygens (including phenoxy) is 1. The Morgan fingerprint density at radius 3 is 2.56 bits per heavy atom. The molecule has 0 spiro atoms. The maximum atomic E-state index is 13.0. The van der Waals surface area contributed by atoms with Gasteiger partial charge in [-0.3, -0.25) is 14.6 Å². The highest BCUT2D eigenvalue weighted by molar-refractivity contribution is 5.89. The van der Waals surface area contributed by atoms with E-state index >= 15 is 0 Å². The summed E-state index contributed by atoms with van der Waals surface area (Å²) in [5, 5.41) is 0. The summed E-state index contributed by atoms with van der Waals surface area (Å²) >= 11 is 0. The SMILES string of the molecule is O=C([C@@H]1C[C@H](Oc2cccnc2)CN1C(=O)C1CCC1)N1CCCC1. The maximum absolute atomic E-state index is 13.0. The molecule has 0 aromatic carbocycles. The van der Waals surface area contributed by atoms with Crippen LogP contribution in [-0.4, -0.2) is 58.4 Å². The zero-order chi connectivity index (χ0) is 17.2. The number of likely N-dealkylation sites (tertiary alicyclic amines) is 2. The summed E-state index contributed by atoms with van der Waals surface area (Å²) in [4.78, 5) is 33.6. The minimum atomic E-state index is -0.368. The van der Waals surface area contributed by atoms with Gasteiger partial charge in [0.05, 0.1) is 12.7 Å². The van der Waals surface area contributed by atoms with E-state index in [0.717, 1.165) is 45.2 Å². The van der Waals surface area contributed by atoms with Crippen LogP contribution in [0.2, 0.25) is 0 Å². The van der Waals surface area contributed by atoms with Crippen molar-refractivity contribution in [3.8, 4) is 5.75 Å². The Hall–Kier alpha value is -2.11. The Labute approximate surface area is 148 Å². The topological polar surface area (TPSA) is 62.7 Å². The average Bonchev–Trinajstić information content (AvgIpc) is 3.23. The highest BCUT2D eigenvalue weighted by Crippen LogP contribution is 2.33. The van der Waals surface area contributed by atoms with Gasteiger partial charge in [0.1, 0.15) is 17.9 Å². The lowest BCUT2D eigenvalue weighted by Gasteiger charge is -2.33. The molecule has 134 valence electrons. The summed E-state index contributed by atoms with van der Waals surface area (Å²) in [6.07, 6.45) is 8.94. The molecule has 25 heavy (non-hydrogen) atoms. The van der Waals surface area contributed by atoms with Gasteiger partial charge in [0, 0.05) is 31.6 Å². The van der Waals surface area contributed by atoms with Gasteiger partial charge in [0.25, 0.3) is 0 Å².